The van der Waals surface area contributed by atoms with Crippen LogP contribution in [-0.4, -0.2) is 46.4 Å². The van der Waals surface area contributed by atoms with Gasteiger partial charge in [-0.05, 0) is 67.1 Å². The van der Waals surface area contributed by atoms with Crippen molar-refractivity contribution in [1.82, 2.24) is 14.5 Å². The van der Waals surface area contributed by atoms with E-state index in [0.717, 1.165) is 47.2 Å². The lowest BCUT2D eigenvalue weighted by molar-refractivity contribution is -0.0733. The van der Waals surface area contributed by atoms with Gasteiger partial charge in [-0.3, -0.25) is 4.90 Å². The maximum atomic E-state index is 13.1. The highest BCUT2D eigenvalue weighted by atomic mass is 16.6. The molecule has 1 amide bonds. The first-order valence-electron chi connectivity index (χ1n) is 14.1. The fourth-order valence-corrected chi connectivity index (χ4v) is 6.51. The van der Waals surface area contributed by atoms with E-state index in [2.05, 4.69) is 27.8 Å². The van der Waals surface area contributed by atoms with Crippen molar-refractivity contribution >= 4 is 17.1 Å². The van der Waals surface area contributed by atoms with Crippen LogP contribution >= 0.6 is 0 Å². The molecule has 0 N–H and O–H groups in total. The second kappa shape index (κ2) is 11.3. The number of fused-ring (bicyclic) bond motifs is 1. The summed E-state index contributed by atoms with van der Waals surface area (Å²) < 4.78 is 20.0. The van der Waals surface area contributed by atoms with Gasteiger partial charge >= 0.3 is 6.09 Å². The molecule has 0 bridgehead atoms. The molecule has 1 aromatic heterocycles. The summed E-state index contributed by atoms with van der Waals surface area (Å²) in [6.07, 6.45) is 4.96. The summed E-state index contributed by atoms with van der Waals surface area (Å²) >= 11 is 0. The van der Waals surface area contributed by atoms with Gasteiger partial charge in [0.2, 0.25) is 0 Å². The monoisotopic (exact) mass is 550 g/mol. The van der Waals surface area contributed by atoms with E-state index in [1.54, 1.807) is 13.2 Å². The third-order valence-corrected chi connectivity index (χ3v) is 8.39. The first kappa shape index (κ1) is 26.9. The minimum Gasteiger partial charge on any atom is -0.497 e. The SMILES string of the molecule is COc1ccc(CN2CC3(CCCC(COCc4ccccc4)(Cn4cnc5ccc(C#N)cc54)C3)OC2=O)cc1. The van der Waals surface area contributed by atoms with E-state index >= 15 is 0 Å². The van der Waals surface area contributed by atoms with E-state index in [9.17, 15) is 10.1 Å². The van der Waals surface area contributed by atoms with Crippen molar-refractivity contribution in [2.75, 3.05) is 20.3 Å². The Morgan fingerprint density at radius 3 is 2.66 bits per heavy atom. The molecule has 3 aromatic carbocycles. The first-order chi connectivity index (χ1) is 20.0. The smallest absolute Gasteiger partial charge is 0.410 e. The molecule has 2 atom stereocenters. The Balaban J connectivity index is 1.25. The number of benzene rings is 3. The fraction of sp³-hybridized carbons (Fsp3) is 0.364. The van der Waals surface area contributed by atoms with Crippen molar-refractivity contribution in [3.8, 4) is 11.8 Å². The highest BCUT2D eigenvalue weighted by Gasteiger charge is 2.53. The maximum absolute atomic E-state index is 13.1. The van der Waals surface area contributed by atoms with Gasteiger partial charge in [0.1, 0.15) is 11.4 Å². The van der Waals surface area contributed by atoms with Crippen LogP contribution in [0.2, 0.25) is 0 Å². The third-order valence-electron chi connectivity index (χ3n) is 8.39. The van der Waals surface area contributed by atoms with Crippen LogP contribution in [0.3, 0.4) is 0 Å². The minimum atomic E-state index is -0.577. The zero-order valence-corrected chi connectivity index (χ0v) is 23.3. The van der Waals surface area contributed by atoms with E-state index in [1.165, 1.54) is 0 Å². The van der Waals surface area contributed by atoms with Crippen molar-refractivity contribution in [3.63, 3.8) is 0 Å². The average molecular weight is 551 g/mol. The van der Waals surface area contributed by atoms with Gasteiger partial charge in [-0.25, -0.2) is 9.78 Å². The maximum Gasteiger partial charge on any atom is 0.410 e. The summed E-state index contributed by atoms with van der Waals surface area (Å²) in [6.45, 7) is 2.73. The van der Waals surface area contributed by atoms with Gasteiger partial charge in [0.05, 0.1) is 55.9 Å². The number of rotatable bonds is 9. The van der Waals surface area contributed by atoms with Crippen LogP contribution in [0.1, 0.15) is 42.4 Å². The number of amides is 1. The number of hydrogen-bond donors (Lipinski definition) is 0. The van der Waals surface area contributed by atoms with Crippen molar-refractivity contribution in [2.24, 2.45) is 5.41 Å². The Morgan fingerprint density at radius 2 is 1.88 bits per heavy atom. The molecule has 1 saturated carbocycles. The predicted octanol–water partition coefficient (Wildman–Crippen LogP) is 6.08. The molecule has 2 heterocycles. The molecule has 4 aromatic rings. The summed E-state index contributed by atoms with van der Waals surface area (Å²) in [4.78, 5) is 19.6. The molecule has 1 spiro atoms. The number of imidazole rings is 1. The molecule has 41 heavy (non-hydrogen) atoms. The normalized spacial score (nSPS) is 22.1. The molecule has 210 valence electrons. The van der Waals surface area contributed by atoms with Crippen LogP contribution in [0.4, 0.5) is 4.79 Å². The van der Waals surface area contributed by atoms with Crippen LogP contribution in [0.15, 0.2) is 79.1 Å². The van der Waals surface area contributed by atoms with Crippen LogP contribution in [0.5, 0.6) is 5.75 Å². The van der Waals surface area contributed by atoms with Crippen molar-refractivity contribution < 1.29 is 19.0 Å². The van der Waals surface area contributed by atoms with Gasteiger partial charge in [-0.15, -0.1) is 0 Å². The second-order valence-corrected chi connectivity index (χ2v) is 11.5. The van der Waals surface area contributed by atoms with E-state index in [1.807, 2.05) is 65.8 Å². The van der Waals surface area contributed by atoms with Gasteiger partial charge in [0.15, 0.2) is 0 Å². The van der Waals surface area contributed by atoms with Gasteiger partial charge in [0, 0.05) is 18.5 Å². The van der Waals surface area contributed by atoms with Crippen molar-refractivity contribution in [3.05, 3.63) is 95.8 Å². The van der Waals surface area contributed by atoms with Crippen LogP contribution in [0.25, 0.3) is 11.0 Å². The van der Waals surface area contributed by atoms with Crippen LogP contribution in [-0.2, 0) is 29.2 Å². The Labute approximate surface area is 240 Å². The quantitative estimate of drug-likeness (QED) is 0.251. The molecular formula is C33H34N4O4. The fourth-order valence-electron chi connectivity index (χ4n) is 6.51. The topological polar surface area (TPSA) is 89.6 Å². The van der Waals surface area contributed by atoms with Gasteiger partial charge in [-0.2, -0.15) is 5.26 Å². The molecule has 2 aliphatic rings. The Kier molecular flexibility index (Phi) is 7.38. The number of nitrogens with zero attached hydrogens (tertiary/aromatic N) is 4. The molecule has 6 rings (SSSR count). The zero-order chi connectivity index (χ0) is 28.3. The zero-order valence-electron chi connectivity index (χ0n) is 23.3. The highest BCUT2D eigenvalue weighted by Crippen LogP contribution is 2.48. The van der Waals surface area contributed by atoms with Crippen LogP contribution in [0, 0.1) is 16.7 Å². The number of methoxy groups -OCH3 is 1. The van der Waals surface area contributed by atoms with Gasteiger partial charge in [0.25, 0.3) is 0 Å². The van der Waals surface area contributed by atoms with E-state index in [0.29, 0.717) is 44.8 Å². The third kappa shape index (κ3) is 5.77. The predicted molar refractivity (Wildman–Crippen MR) is 154 cm³/mol. The molecule has 1 aliphatic heterocycles. The molecule has 2 unspecified atom stereocenters. The number of nitriles is 1. The molecule has 1 aliphatic carbocycles. The summed E-state index contributed by atoms with van der Waals surface area (Å²) in [6, 6.07) is 25.8. The Hall–Kier alpha value is -4.35. The molecule has 8 heteroatoms. The summed E-state index contributed by atoms with van der Waals surface area (Å²) in [5.41, 5.74) is 3.69. The Morgan fingerprint density at radius 1 is 1.05 bits per heavy atom. The number of carbonyl (C=O) groups excluding carboxylic acids is 1. The summed E-state index contributed by atoms with van der Waals surface area (Å²) in [5, 5.41) is 9.48. The summed E-state index contributed by atoms with van der Waals surface area (Å²) in [5.74, 6) is 0.788. The van der Waals surface area contributed by atoms with Crippen molar-refractivity contribution in [2.45, 2.75) is 51.0 Å². The molecule has 0 radical (unpaired) electrons. The second-order valence-electron chi connectivity index (χ2n) is 11.5. The number of aromatic nitrogens is 2. The first-order valence-corrected chi connectivity index (χ1v) is 14.1. The molecular weight excluding hydrogens is 516 g/mol. The standard InChI is InChI=1S/C33H34N4O4/c1-39-28-11-8-25(9-12-28)18-36-22-33(41-31(36)38)15-5-14-32(20-33,23-40-19-26-6-3-2-4-7-26)21-37-24-35-29-13-10-27(17-34)16-30(29)37/h2-4,6-13,16,24H,5,14-15,18-23H2,1H3. The van der Waals surface area contributed by atoms with Gasteiger partial charge < -0.3 is 18.8 Å². The van der Waals surface area contributed by atoms with E-state index < -0.39 is 5.60 Å². The lowest BCUT2D eigenvalue weighted by atomic mass is 9.67. The summed E-state index contributed by atoms with van der Waals surface area (Å²) in [7, 11) is 1.64. The Bertz CT molecular complexity index is 1560. The van der Waals surface area contributed by atoms with Crippen LogP contribution < -0.4 is 4.74 Å². The molecule has 1 saturated heterocycles. The van der Waals surface area contributed by atoms with Gasteiger partial charge in [-0.1, -0.05) is 42.5 Å². The molecule has 2 fully saturated rings. The number of hydrogen-bond acceptors (Lipinski definition) is 6. The van der Waals surface area contributed by atoms with E-state index in [4.69, 9.17) is 14.2 Å². The largest absolute Gasteiger partial charge is 0.497 e. The van der Waals surface area contributed by atoms with Crippen molar-refractivity contribution in [1.29, 1.82) is 5.26 Å². The molecule has 8 nitrogen and oxygen atoms in total. The minimum absolute atomic E-state index is 0.270. The number of carbonyl (C=O) groups is 1. The highest BCUT2D eigenvalue weighted by molar-refractivity contribution is 5.77. The lowest BCUT2D eigenvalue weighted by Gasteiger charge is -2.45. The average Bonchev–Trinajstić information content (AvgIpc) is 3.52. The van der Waals surface area contributed by atoms with E-state index in [-0.39, 0.29) is 11.5 Å². The lowest BCUT2D eigenvalue weighted by Crippen LogP contribution is -2.48. The number of ether oxygens (including phenoxy) is 3.